The molecular formula is C21H21N3O3S. The third kappa shape index (κ3) is 3.45. The zero-order valence-electron chi connectivity index (χ0n) is 15.7. The molecule has 0 aliphatic carbocycles. The highest BCUT2D eigenvalue weighted by atomic mass is 32.2. The third-order valence-corrected chi connectivity index (χ3v) is 6.03. The van der Waals surface area contributed by atoms with E-state index in [0.29, 0.717) is 18.0 Å². The fraction of sp³-hybridized carbons (Fsp3) is 0.238. The number of rotatable bonds is 4. The number of amides is 1. The second-order valence-electron chi connectivity index (χ2n) is 6.66. The minimum absolute atomic E-state index is 0.0549. The number of phenols is 1. The van der Waals surface area contributed by atoms with E-state index < -0.39 is 0 Å². The van der Waals surface area contributed by atoms with Crippen molar-refractivity contribution in [2.45, 2.75) is 18.7 Å². The molecule has 3 aromatic rings. The highest BCUT2D eigenvalue weighted by molar-refractivity contribution is 8.00. The molecule has 4 rings (SSSR count). The summed E-state index contributed by atoms with van der Waals surface area (Å²) in [6.07, 6.45) is 0. The Kier molecular flexibility index (Phi) is 5.00. The van der Waals surface area contributed by atoms with Crippen LogP contribution < -0.4 is 10.1 Å². The molecule has 7 heteroatoms. The van der Waals surface area contributed by atoms with E-state index in [1.54, 1.807) is 12.1 Å². The zero-order valence-corrected chi connectivity index (χ0v) is 16.5. The summed E-state index contributed by atoms with van der Waals surface area (Å²) in [5.74, 6) is 1.50. The average Bonchev–Trinajstić information content (AvgIpc) is 2.87. The predicted octanol–water partition coefficient (Wildman–Crippen LogP) is 3.73. The van der Waals surface area contributed by atoms with Crippen molar-refractivity contribution >= 4 is 23.5 Å². The first kappa shape index (κ1) is 18.4. The molecule has 1 aliphatic heterocycles. The van der Waals surface area contributed by atoms with E-state index in [9.17, 15) is 9.90 Å². The van der Waals surface area contributed by atoms with E-state index in [4.69, 9.17) is 9.84 Å². The number of hydrogen-bond donors (Lipinski definition) is 2. The van der Waals surface area contributed by atoms with Gasteiger partial charge in [-0.3, -0.25) is 4.79 Å². The normalized spacial score (nSPS) is 16.2. The highest BCUT2D eigenvalue weighted by Gasteiger charge is 2.30. The Balaban J connectivity index is 1.78. The Morgan fingerprint density at radius 3 is 2.79 bits per heavy atom. The van der Waals surface area contributed by atoms with Gasteiger partial charge in [-0.1, -0.05) is 36.4 Å². The van der Waals surface area contributed by atoms with Crippen LogP contribution in [0.15, 0.2) is 48.5 Å². The van der Waals surface area contributed by atoms with Crippen molar-refractivity contribution in [3.8, 4) is 11.5 Å². The average molecular weight is 395 g/mol. The van der Waals surface area contributed by atoms with Crippen molar-refractivity contribution in [1.29, 1.82) is 0 Å². The number of aryl methyl sites for hydroxylation is 1. The maximum Gasteiger partial charge on any atom is 0.235 e. The van der Waals surface area contributed by atoms with E-state index in [0.717, 1.165) is 28.2 Å². The Hall–Kier alpha value is -2.93. The van der Waals surface area contributed by atoms with Gasteiger partial charge >= 0.3 is 0 Å². The van der Waals surface area contributed by atoms with Gasteiger partial charge in [0, 0.05) is 5.56 Å². The summed E-state index contributed by atoms with van der Waals surface area (Å²) in [5.41, 5.74) is 3.85. The van der Waals surface area contributed by atoms with Crippen molar-refractivity contribution in [1.82, 2.24) is 9.78 Å². The fourth-order valence-electron chi connectivity index (χ4n) is 3.46. The number of ether oxygens (including phenoxy) is 1. The van der Waals surface area contributed by atoms with E-state index in [-0.39, 0.29) is 16.9 Å². The van der Waals surface area contributed by atoms with Gasteiger partial charge < -0.3 is 15.2 Å². The Bertz CT molecular complexity index is 1020. The molecule has 144 valence electrons. The van der Waals surface area contributed by atoms with Gasteiger partial charge in [0.05, 0.1) is 30.4 Å². The molecule has 0 bridgehead atoms. The molecule has 28 heavy (non-hydrogen) atoms. The lowest BCUT2D eigenvalue weighted by Gasteiger charge is -2.16. The number of fused-ring (bicyclic) bond motifs is 1. The number of thioether (sulfide) groups is 1. The van der Waals surface area contributed by atoms with Crippen LogP contribution in [-0.4, -0.2) is 33.7 Å². The third-order valence-electron chi connectivity index (χ3n) is 4.76. The van der Waals surface area contributed by atoms with Gasteiger partial charge in [-0.15, -0.1) is 11.8 Å². The number of carbonyl (C=O) groups excluding carboxylic acids is 1. The van der Waals surface area contributed by atoms with Crippen LogP contribution in [0.5, 0.6) is 11.5 Å². The quantitative estimate of drug-likeness (QED) is 0.704. The summed E-state index contributed by atoms with van der Waals surface area (Å²) in [7, 11) is 1.52. The topological polar surface area (TPSA) is 76.4 Å². The van der Waals surface area contributed by atoms with Gasteiger partial charge in [0.2, 0.25) is 5.91 Å². The van der Waals surface area contributed by atoms with Gasteiger partial charge in [0.1, 0.15) is 5.82 Å². The molecule has 6 nitrogen and oxygen atoms in total. The fourth-order valence-corrected chi connectivity index (χ4v) is 4.63. The zero-order chi connectivity index (χ0) is 19.7. The number of phenolic OH excluding ortho intramolecular Hbond substituents is 1. The molecule has 0 saturated carbocycles. The molecule has 2 heterocycles. The van der Waals surface area contributed by atoms with Crippen LogP contribution in [0.1, 0.15) is 27.6 Å². The van der Waals surface area contributed by atoms with E-state index >= 15 is 0 Å². The van der Waals surface area contributed by atoms with Gasteiger partial charge in [0.15, 0.2) is 11.5 Å². The largest absolute Gasteiger partial charge is 0.504 e. The number of hydrogen-bond acceptors (Lipinski definition) is 5. The van der Waals surface area contributed by atoms with Crippen LogP contribution in [0.2, 0.25) is 0 Å². The molecule has 1 aliphatic rings. The highest BCUT2D eigenvalue weighted by Crippen LogP contribution is 2.45. The molecule has 0 fully saturated rings. The summed E-state index contributed by atoms with van der Waals surface area (Å²) in [6, 6.07) is 15.4. The Morgan fingerprint density at radius 1 is 1.29 bits per heavy atom. The van der Waals surface area contributed by atoms with Crippen molar-refractivity contribution < 1.29 is 14.6 Å². The van der Waals surface area contributed by atoms with Crippen LogP contribution in [0.25, 0.3) is 0 Å². The number of nitrogens with one attached hydrogen (secondary N) is 1. The first-order valence-corrected chi connectivity index (χ1v) is 10.0. The van der Waals surface area contributed by atoms with Crippen molar-refractivity contribution in [3.63, 3.8) is 0 Å². The van der Waals surface area contributed by atoms with Crippen LogP contribution >= 0.6 is 11.8 Å². The number of carbonyl (C=O) groups is 1. The van der Waals surface area contributed by atoms with E-state index in [1.165, 1.54) is 18.9 Å². The molecule has 1 aromatic heterocycles. The maximum atomic E-state index is 12.4. The molecule has 1 amide bonds. The maximum absolute atomic E-state index is 12.4. The molecule has 1 atom stereocenters. The van der Waals surface area contributed by atoms with E-state index in [1.807, 2.05) is 48.0 Å². The summed E-state index contributed by atoms with van der Waals surface area (Å²) >= 11 is 1.53. The van der Waals surface area contributed by atoms with E-state index in [2.05, 4.69) is 5.32 Å². The number of aromatic nitrogens is 2. The van der Waals surface area contributed by atoms with Crippen LogP contribution in [-0.2, 0) is 11.3 Å². The van der Waals surface area contributed by atoms with Gasteiger partial charge in [-0.2, -0.15) is 5.10 Å². The summed E-state index contributed by atoms with van der Waals surface area (Å²) < 4.78 is 7.00. The standard InChI is InChI=1S/C21H21N3O3S/c1-13-19-20(15-8-9-17(27-2)16(25)10-15)28-12-18(26)22-21(19)24(23-13)11-14-6-4-3-5-7-14/h3-10,20,25H,11-12H2,1-2H3,(H,22,26)/t20-/m0/s1. The Morgan fingerprint density at radius 2 is 2.07 bits per heavy atom. The SMILES string of the molecule is COc1ccc([C@@H]2SCC(=O)Nc3c2c(C)nn3Cc2ccccc2)cc1O. The molecule has 0 radical (unpaired) electrons. The number of methoxy groups -OCH3 is 1. The first-order valence-electron chi connectivity index (χ1n) is 8.96. The van der Waals surface area contributed by atoms with Crippen molar-refractivity contribution in [2.24, 2.45) is 0 Å². The second kappa shape index (κ2) is 7.59. The Labute approximate surface area is 167 Å². The van der Waals surface area contributed by atoms with Crippen LogP contribution in [0, 0.1) is 6.92 Å². The molecule has 2 aromatic carbocycles. The smallest absolute Gasteiger partial charge is 0.235 e. The van der Waals surface area contributed by atoms with Crippen LogP contribution in [0.4, 0.5) is 5.82 Å². The monoisotopic (exact) mass is 395 g/mol. The molecule has 0 unspecified atom stereocenters. The lowest BCUT2D eigenvalue weighted by molar-refractivity contribution is -0.113. The molecular weight excluding hydrogens is 374 g/mol. The lowest BCUT2D eigenvalue weighted by Crippen LogP contribution is -2.16. The van der Waals surface area contributed by atoms with Gasteiger partial charge in [-0.05, 0) is 30.2 Å². The first-order chi connectivity index (χ1) is 13.6. The summed E-state index contributed by atoms with van der Waals surface area (Å²) in [4.78, 5) is 12.4. The van der Waals surface area contributed by atoms with Gasteiger partial charge in [-0.25, -0.2) is 4.68 Å². The minimum atomic E-state index is -0.115. The molecule has 0 spiro atoms. The van der Waals surface area contributed by atoms with Crippen molar-refractivity contribution in [3.05, 3.63) is 70.9 Å². The lowest BCUT2D eigenvalue weighted by atomic mass is 10.0. The predicted molar refractivity (Wildman–Crippen MR) is 110 cm³/mol. The second-order valence-corrected chi connectivity index (χ2v) is 7.75. The summed E-state index contributed by atoms with van der Waals surface area (Å²) in [6.45, 7) is 2.53. The summed E-state index contributed by atoms with van der Waals surface area (Å²) in [5, 5.41) is 17.8. The van der Waals surface area contributed by atoms with Gasteiger partial charge in [0.25, 0.3) is 0 Å². The molecule has 2 N–H and O–H groups in total. The number of aromatic hydroxyl groups is 1. The number of benzene rings is 2. The number of anilines is 1. The van der Waals surface area contributed by atoms with Crippen molar-refractivity contribution in [2.75, 3.05) is 18.2 Å². The number of nitrogens with zero attached hydrogens (tertiary/aromatic N) is 2. The van der Waals surface area contributed by atoms with Crippen LogP contribution in [0.3, 0.4) is 0 Å². The molecule has 0 saturated heterocycles. The minimum Gasteiger partial charge on any atom is -0.504 e.